The summed E-state index contributed by atoms with van der Waals surface area (Å²) in [5, 5.41) is 0.776. The first kappa shape index (κ1) is 19.2. The lowest BCUT2D eigenvalue weighted by Gasteiger charge is -2.23. The Hall–Kier alpha value is -3.73. The Bertz CT molecular complexity index is 1360. The minimum absolute atomic E-state index is 0.000515. The third-order valence-electron chi connectivity index (χ3n) is 5.97. The summed E-state index contributed by atoms with van der Waals surface area (Å²) in [6.07, 6.45) is 2.46. The van der Waals surface area contributed by atoms with Gasteiger partial charge in [0.1, 0.15) is 11.2 Å². The average Bonchev–Trinajstić information content (AvgIpc) is 3.12. The van der Waals surface area contributed by atoms with Crippen molar-refractivity contribution in [3.63, 3.8) is 0 Å². The van der Waals surface area contributed by atoms with Gasteiger partial charge in [-0.05, 0) is 55.7 Å². The van der Waals surface area contributed by atoms with Crippen molar-refractivity contribution in [2.45, 2.75) is 32.9 Å². The molecule has 0 saturated heterocycles. The topological polar surface area (TPSA) is 55.2 Å². The van der Waals surface area contributed by atoms with Gasteiger partial charge in [-0.25, -0.2) is 4.98 Å². The van der Waals surface area contributed by atoms with Gasteiger partial charge in [0, 0.05) is 23.3 Å². The Kier molecular flexibility index (Phi) is 4.66. The number of carbonyl (C=O) groups is 1. The Balaban J connectivity index is 1.64. The summed E-state index contributed by atoms with van der Waals surface area (Å²) in [6, 6.07) is 21.4. The van der Waals surface area contributed by atoms with E-state index in [2.05, 4.69) is 4.98 Å². The second-order valence-electron chi connectivity index (χ2n) is 8.21. The van der Waals surface area contributed by atoms with Crippen LogP contribution in [0.25, 0.3) is 11.0 Å². The van der Waals surface area contributed by atoms with Gasteiger partial charge in [0.05, 0.1) is 6.54 Å². The molecule has 1 amide bonds. The van der Waals surface area contributed by atoms with Crippen molar-refractivity contribution in [2.75, 3.05) is 4.90 Å². The van der Waals surface area contributed by atoms with Crippen molar-refractivity contribution in [2.24, 2.45) is 0 Å². The van der Waals surface area contributed by atoms with Gasteiger partial charge < -0.3 is 4.90 Å². The number of anilines is 1. The molecule has 0 aliphatic carbocycles. The molecule has 0 saturated carbocycles. The van der Waals surface area contributed by atoms with E-state index >= 15 is 0 Å². The zero-order valence-corrected chi connectivity index (χ0v) is 17.6. The summed E-state index contributed by atoms with van der Waals surface area (Å²) in [4.78, 5) is 33.4. The highest BCUT2D eigenvalue weighted by Crippen LogP contribution is 2.33. The summed E-state index contributed by atoms with van der Waals surface area (Å²) < 4.78 is 1.61. The zero-order valence-electron chi connectivity index (χ0n) is 17.6. The number of amides is 1. The van der Waals surface area contributed by atoms with Crippen LogP contribution in [0.5, 0.6) is 0 Å². The van der Waals surface area contributed by atoms with Crippen molar-refractivity contribution < 1.29 is 4.79 Å². The number of nitrogens with zero attached hydrogens (tertiary/aromatic N) is 3. The molecule has 1 atom stereocenters. The molecule has 0 N–H and O–H groups in total. The number of aromatic nitrogens is 2. The molecule has 0 unspecified atom stereocenters. The van der Waals surface area contributed by atoms with E-state index in [1.165, 1.54) is 0 Å². The number of hydrogen-bond donors (Lipinski definition) is 0. The molecule has 5 heteroatoms. The Morgan fingerprint density at radius 2 is 1.84 bits per heavy atom. The van der Waals surface area contributed by atoms with Crippen molar-refractivity contribution >= 4 is 22.6 Å². The van der Waals surface area contributed by atoms with Crippen LogP contribution in [0.3, 0.4) is 0 Å². The summed E-state index contributed by atoms with van der Waals surface area (Å²) in [5.41, 5.74) is 4.61. The largest absolute Gasteiger partial charge is 0.305 e. The van der Waals surface area contributed by atoms with E-state index < -0.39 is 0 Å². The number of pyridine rings is 2. The smallest absolute Gasteiger partial charge is 0.265 e. The lowest BCUT2D eigenvalue weighted by molar-refractivity contribution is 0.0979. The molecule has 0 fully saturated rings. The standard InChI is InChI=1S/C26H23N3O2/c1-17-9-11-19(12-10-17)16-28-24-21(7-5-13-27-24)15-22(25(28)30)26(31)29-18(2)14-20-6-3-4-8-23(20)29/h3-13,15,18H,14,16H2,1-2H3/t18-/m0/s1. The third kappa shape index (κ3) is 3.32. The number of aryl methyl sites for hydroxylation is 1. The lowest BCUT2D eigenvalue weighted by Crippen LogP contribution is -2.40. The van der Waals surface area contributed by atoms with Crippen LogP contribution in [0.15, 0.2) is 77.7 Å². The Morgan fingerprint density at radius 1 is 1.06 bits per heavy atom. The first-order chi connectivity index (χ1) is 15.0. The number of benzene rings is 2. The van der Waals surface area contributed by atoms with Gasteiger partial charge in [-0.15, -0.1) is 0 Å². The minimum Gasteiger partial charge on any atom is -0.305 e. The van der Waals surface area contributed by atoms with Crippen molar-refractivity contribution in [1.29, 1.82) is 0 Å². The van der Waals surface area contributed by atoms with E-state index in [0.29, 0.717) is 12.2 Å². The molecule has 3 heterocycles. The predicted octanol–water partition coefficient (Wildman–Crippen LogP) is 4.34. The van der Waals surface area contributed by atoms with E-state index in [4.69, 9.17) is 0 Å². The maximum Gasteiger partial charge on any atom is 0.265 e. The highest BCUT2D eigenvalue weighted by Gasteiger charge is 2.33. The monoisotopic (exact) mass is 409 g/mol. The maximum atomic E-state index is 13.6. The molecule has 0 spiro atoms. The van der Waals surface area contributed by atoms with Gasteiger partial charge in [0.15, 0.2) is 0 Å². The molecule has 2 aromatic carbocycles. The number of para-hydroxylation sites is 1. The molecular weight excluding hydrogens is 386 g/mol. The van der Waals surface area contributed by atoms with Crippen molar-refractivity contribution in [3.05, 3.63) is 106 Å². The highest BCUT2D eigenvalue weighted by atomic mass is 16.2. The van der Waals surface area contributed by atoms with Crippen LogP contribution in [0.1, 0.15) is 34.0 Å². The van der Waals surface area contributed by atoms with Crippen LogP contribution >= 0.6 is 0 Å². The molecule has 2 aromatic heterocycles. The van der Waals surface area contributed by atoms with Crippen LogP contribution < -0.4 is 10.5 Å². The Labute approximate surface area is 180 Å². The Morgan fingerprint density at radius 3 is 2.65 bits per heavy atom. The van der Waals surface area contributed by atoms with E-state index in [9.17, 15) is 9.59 Å². The van der Waals surface area contributed by atoms with Gasteiger partial charge in [-0.1, -0.05) is 48.0 Å². The predicted molar refractivity (Wildman–Crippen MR) is 123 cm³/mol. The van der Waals surface area contributed by atoms with Gasteiger partial charge in [0.2, 0.25) is 0 Å². The van der Waals surface area contributed by atoms with Crippen LogP contribution in [-0.4, -0.2) is 21.5 Å². The summed E-state index contributed by atoms with van der Waals surface area (Å²) in [6.45, 7) is 4.41. The molecule has 154 valence electrons. The SMILES string of the molecule is Cc1ccc(Cn2c(=O)c(C(=O)N3c4ccccc4C[C@@H]3C)cc3cccnc32)cc1. The van der Waals surface area contributed by atoms with Crippen LogP contribution in [0.4, 0.5) is 5.69 Å². The molecule has 1 aliphatic rings. The molecule has 1 aliphatic heterocycles. The summed E-state index contributed by atoms with van der Waals surface area (Å²) in [5.74, 6) is -0.258. The average molecular weight is 409 g/mol. The van der Waals surface area contributed by atoms with E-state index in [-0.39, 0.29) is 23.1 Å². The minimum atomic E-state index is -0.312. The maximum absolute atomic E-state index is 13.6. The van der Waals surface area contributed by atoms with E-state index in [1.54, 1.807) is 21.7 Å². The third-order valence-corrected chi connectivity index (χ3v) is 5.97. The molecule has 5 nitrogen and oxygen atoms in total. The number of fused-ring (bicyclic) bond motifs is 2. The molecule has 5 rings (SSSR count). The first-order valence-electron chi connectivity index (χ1n) is 10.5. The fourth-order valence-corrected chi connectivity index (χ4v) is 4.39. The number of carbonyl (C=O) groups excluding carboxylic acids is 1. The van der Waals surface area contributed by atoms with E-state index in [1.807, 2.05) is 74.5 Å². The number of rotatable bonds is 3. The van der Waals surface area contributed by atoms with Gasteiger partial charge in [0.25, 0.3) is 11.5 Å². The molecule has 4 aromatic rings. The molecule has 0 bridgehead atoms. The van der Waals surface area contributed by atoms with Gasteiger partial charge in [-0.2, -0.15) is 0 Å². The molecule has 31 heavy (non-hydrogen) atoms. The summed E-state index contributed by atoms with van der Waals surface area (Å²) in [7, 11) is 0. The van der Waals surface area contributed by atoms with Crippen molar-refractivity contribution in [1.82, 2.24) is 9.55 Å². The van der Waals surface area contributed by atoms with Crippen LogP contribution in [-0.2, 0) is 13.0 Å². The van der Waals surface area contributed by atoms with Gasteiger partial charge >= 0.3 is 0 Å². The lowest BCUT2D eigenvalue weighted by atomic mass is 10.1. The fraction of sp³-hybridized carbons (Fsp3) is 0.192. The fourth-order valence-electron chi connectivity index (χ4n) is 4.39. The highest BCUT2D eigenvalue weighted by molar-refractivity contribution is 6.08. The quantitative estimate of drug-likeness (QED) is 0.506. The zero-order chi connectivity index (χ0) is 21.5. The van der Waals surface area contributed by atoms with Crippen molar-refractivity contribution in [3.8, 4) is 0 Å². The normalized spacial score (nSPS) is 15.3. The summed E-state index contributed by atoms with van der Waals surface area (Å²) >= 11 is 0. The second-order valence-corrected chi connectivity index (χ2v) is 8.21. The molecule has 0 radical (unpaired) electrons. The van der Waals surface area contributed by atoms with Crippen LogP contribution in [0.2, 0.25) is 0 Å². The van der Waals surface area contributed by atoms with Crippen LogP contribution in [0, 0.1) is 6.92 Å². The van der Waals surface area contributed by atoms with Gasteiger partial charge in [-0.3, -0.25) is 14.2 Å². The van der Waals surface area contributed by atoms with E-state index in [0.717, 1.165) is 34.2 Å². The number of hydrogen-bond acceptors (Lipinski definition) is 3. The second kappa shape index (κ2) is 7.51. The first-order valence-corrected chi connectivity index (χ1v) is 10.5. The molecular formula is C26H23N3O2.